The number of hydrogen-bond acceptors (Lipinski definition) is 2. The van der Waals surface area contributed by atoms with Crippen molar-refractivity contribution in [2.45, 2.75) is 32.7 Å². The van der Waals surface area contributed by atoms with Gasteiger partial charge in [0.05, 0.1) is 12.6 Å². The Hall–Kier alpha value is -1.22. The van der Waals surface area contributed by atoms with Crippen LogP contribution < -0.4 is 4.90 Å². The van der Waals surface area contributed by atoms with Gasteiger partial charge in [-0.15, -0.1) is 0 Å². The molecule has 1 fully saturated rings. The highest BCUT2D eigenvalue weighted by molar-refractivity contribution is 6.30. The number of hydrogen-bond donors (Lipinski definition) is 0. The minimum atomic E-state index is 0.356. The van der Waals surface area contributed by atoms with Gasteiger partial charge in [0.2, 0.25) is 0 Å². The van der Waals surface area contributed by atoms with E-state index in [2.05, 4.69) is 43.0 Å². The predicted octanol–water partition coefficient (Wildman–Crippen LogP) is 6.62. The molecule has 2 nitrogen and oxygen atoms in total. The Kier molecular flexibility index (Phi) is 6.86. The summed E-state index contributed by atoms with van der Waals surface area (Å²) in [6, 6.07) is 16.8. The third-order valence-corrected chi connectivity index (χ3v) is 5.40. The Morgan fingerprint density at radius 1 is 0.962 bits per heavy atom. The summed E-state index contributed by atoms with van der Waals surface area (Å²) in [5, 5.41) is 1.55. The second-order valence-electron chi connectivity index (χ2n) is 7.57. The molecule has 2 aromatic carbocycles. The van der Waals surface area contributed by atoms with Crippen LogP contribution in [0.3, 0.4) is 0 Å². The van der Waals surface area contributed by atoms with Crippen molar-refractivity contribution in [2.24, 2.45) is 11.8 Å². The molecule has 0 N–H and O–H groups in total. The predicted molar refractivity (Wildman–Crippen MR) is 111 cm³/mol. The van der Waals surface area contributed by atoms with Crippen LogP contribution in [-0.4, -0.2) is 19.8 Å². The maximum Gasteiger partial charge on any atom is 0.0542 e. The lowest BCUT2D eigenvalue weighted by Crippen LogP contribution is -2.40. The van der Waals surface area contributed by atoms with E-state index in [1.165, 1.54) is 17.7 Å². The van der Waals surface area contributed by atoms with Gasteiger partial charge in [0.1, 0.15) is 0 Å². The van der Waals surface area contributed by atoms with Gasteiger partial charge in [0.15, 0.2) is 0 Å². The topological polar surface area (TPSA) is 12.5 Å². The van der Waals surface area contributed by atoms with Crippen LogP contribution in [0.2, 0.25) is 10.0 Å². The van der Waals surface area contributed by atoms with Crippen molar-refractivity contribution < 1.29 is 4.74 Å². The normalized spacial score (nSPS) is 20.6. The summed E-state index contributed by atoms with van der Waals surface area (Å²) in [6.45, 7) is 7.04. The van der Waals surface area contributed by atoms with Crippen LogP contribution in [0.1, 0.15) is 38.3 Å². The number of rotatable bonds is 6. The quantitative estimate of drug-likeness (QED) is 0.548. The molecule has 2 aromatic rings. The maximum absolute atomic E-state index is 6.10. The molecule has 0 aromatic heterocycles. The zero-order chi connectivity index (χ0) is 18.5. The number of halogens is 2. The van der Waals surface area contributed by atoms with E-state index in [9.17, 15) is 0 Å². The van der Waals surface area contributed by atoms with Gasteiger partial charge in [-0.3, -0.25) is 0 Å². The number of nitrogens with zero attached hydrogens (tertiary/aromatic N) is 1. The molecular formula is C22H27Cl2NO. The van der Waals surface area contributed by atoms with E-state index in [1.807, 2.05) is 24.3 Å². The summed E-state index contributed by atoms with van der Waals surface area (Å²) in [4.78, 5) is 2.49. The number of anilines is 1. The first-order valence-corrected chi connectivity index (χ1v) is 10.1. The molecule has 26 heavy (non-hydrogen) atoms. The largest absolute Gasteiger partial charge is 0.381 e. The fourth-order valence-electron chi connectivity index (χ4n) is 3.60. The third-order valence-electron chi connectivity index (χ3n) is 4.90. The number of piperidine rings is 1. The molecule has 1 aliphatic rings. The van der Waals surface area contributed by atoms with E-state index in [0.29, 0.717) is 17.9 Å². The smallest absolute Gasteiger partial charge is 0.0542 e. The van der Waals surface area contributed by atoms with E-state index in [0.717, 1.165) is 36.2 Å². The highest BCUT2D eigenvalue weighted by Crippen LogP contribution is 2.37. The van der Waals surface area contributed by atoms with E-state index in [-0.39, 0.29) is 0 Å². The number of ether oxygens (including phenoxy) is 1. The first kappa shape index (κ1) is 19.5. The highest BCUT2D eigenvalue weighted by Gasteiger charge is 2.29. The summed E-state index contributed by atoms with van der Waals surface area (Å²) >= 11 is 12.2. The molecule has 0 aliphatic carbocycles. The fraction of sp³-hybridized carbons (Fsp3) is 0.455. The van der Waals surface area contributed by atoms with Gasteiger partial charge in [0.25, 0.3) is 0 Å². The molecule has 3 rings (SSSR count). The van der Waals surface area contributed by atoms with Gasteiger partial charge in [-0.05, 0) is 66.6 Å². The van der Waals surface area contributed by atoms with Crippen molar-refractivity contribution >= 4 is 28.9 Å². The molecule has 0 spiro atoms. The Labute approximate surface area is 167 Å². The molecule has 0 radical (unpaired) electrons. The van der Waals surface area contributed by atoms with Crippen molar-refractivity contribution in [1.82, 2.24) is 0 Å². The molecule has 4 heteroatoms. The second-order valence-corrected chi connectivity index (χ2v) is 8.44. The monoisotopic (exact) mass is 391 g/mol. The fourth-order valence-corrected chi connectivity index (χ4v) is 3.85. The van der Waals surface area contributed by atoms with E-state index >= 15 is 0 Å². The highest BCUT2D eigenvalue weighted by atomic mass is 35.5. The summed E-state index contributed by atoms with van der Waals surface area (Å²) in [5.41, 5.74) is 2.52. The van der Waals surface area contributed by atoms with Gasteiger partial charge < -0.3 is 9.64 Å². The van der Waals surface area contributed by atoms with Crippen LogP contribution >= 0.6 is 23.2 Å². The van der Waals surface area contributed by atoms with Crippen molar-refractivity contribution in [3.63, 3.8) is 0 Å². The molecule has 1 aliphatic heterocycles. The Morgan fingerprint density at radius 3 is 2.19 bits per heavy atom. The molecule has 1 heterocycles. The summed E-state index contributed by atoms with van der Waals surface area (Å²) < 4.78 is 5.93. The molecule has 0 bridgehead atoms. The Morgan fingerprint density at radius 2 is 1.58 bits per heavy atom. The van der Waals surface area contributed by atoms with Crippen molar-refractivity contribution in [1.29, 1.82) is 0 Å². The lowest BCUT2D eigenvalue weighted by Gasteiger charge is -2.41. The van der Waals surface area contributed by atoms with Crippen LogP contribution in [-0.2, 0) is 4.74 Å². The van der Waals surface area contributed by atoms with Gasteiger partial charge in [-0.25, -0.2) is 0 Å². The molecule has 2 atom stereocenters. The molecule has 140 valence electrons. The van der Waals surface area contributed by atoms with Crippen LogP contribution in [0.5, 0.6) is 0 Å². The zero-order valence-corrected chi connectivity index (χ0v) is 17.0. The SMILES string of the molecule is CC(C)COC[C@@H]1CC[C@@H](c2ccc(Cl)cc2)N(c2ccc(Cl)cc2)C1. The summed E-state index contributed by atoms with van der Waals surface area (Å²) in [7, 11) is 0. The van der Waals surface area contributed by atoms with Crippen LogP contribution in [0, 0.1) is 11.8 Å². The van der Waals surface area contributed by atoms with Gasteiger partial charge in [0, 0.05) is 28.9 Å². The molecule has 0 unspecified atom stereocenters. The van der Waals surface area contributed by atoms with Gasteiger partial charge in [-0.1, -0.05) is 49.2 Å². The van der Waals surface area contributed by atoms with Crippen LogP contribution in [0.15, 0.2) is 48.5 Å². The molecular weight excluding hydrogens is 365 g/mol. The molecule has 0 amide bonds. The second kappa shape index (κ2) is 9.12. The first-order valence-electron chi connectivity index (χ1n) is 9.38. The minimum absolute atomic E-state index is 0.356. The average molecular weight is 392 g/mol. The van der Waals surface area contributed by atoms with Crippen LogP contribution in [0.4, 0.5) is 5.69 Å². The Bertz CT molecular complexity index is 684. The average Bonchev–Trinajstić information content (AvgIpc) is 2.63. The van der Waals surface area contributed by atoms with Gasteiger partial charge in [-0.2, -0.15) is 0 Å². The first-order chi connectivity index (χ1) is 12.5. The third kappa shape index (κ3) is 5.16. The van der Waals surface area contributed by atoms with E-state index in [1.54, 1.807) is 0 Å². The van der Waals surface area contributed by atoms with E-state index in [4.69, 9.17) is 27.9 Å². The van der Waals surface area contributed by atoms with Gasteiger partial charge >= 0.3 is 0 Å². The zero-order valence-electron chi connectivity index (χ0n) is 15.5. The van der Waals surface area contributed by atoms with Crippen molar-refractivity contribution in [3.05, 3.63) is 64.1 Å². The summed E-state index contributed by atoms with van der Waals surface area (Å²) in [5.74, 6) is 1.13. The van der Waals surface area contributed by atoms with Crippen LogP contribution in [0.25, 0.3) is 0 Å². The van der Waals surface area contributed by atoms with Crippen molar-refractivity contribution in [3.8, 4) is 0 Å². The standard InChI is InChI=1S/C22H27Cl2NO/c1-16(2)14-26-15-17-3-12-22(18-4-6-19(23)7-5-18)25(13-17)21-10-8-20(24)9-11-21/h4-11,16-17,22H,3,12-15H2,1-2H3/t17-,22+/m1/s1. The van der Waals surface area contributed by atoms with E-state index < -0.39 is 0 Å². The maximum atomic E-state index is 6.10. The molecule has 0 saturated carbocycles. The lowest BCUT2D eigenvalue weighted by atomic mass is 9.89. The summed E-state index contributed by atoms with van der Waals surface area (Å²) in [6.07, 6.45) is 2.29. The Balaban J connectivity index is 1.78. The minimum Gasteiger partial charge on any atom is -0.381 e. The molecule has 1 saturated heterocycles. The number of benzene rings is 2. The van der Waals surface area contributed by atoms with Crippen molar-refractivity contribution in [2.75, 3.05) is 24.7 Å². The lowest BCUT2D eigenvalue weighted by molar-refractivity contribution is 0.0720.